The first-order valence-electron chi connectivity index (χ1n) is 8.98. The first kappa shape index (κ1) is 19.2. The summed E-state index contributed by atoms with van der Waals surface area (Å²) in [4.78, 5) is 27.7. The Morgan fingerprint density at radius 3 is 2.55 bits per heavy atom. The number of ether oxygens (including phenoxy) is 2. The van der Waals surface area contributed by atoms with Crippen LogP contribution in [0.2, 0.25) is 0 Å². The average Bonchev–Trinajstić information content (AvgIpc) is 3.15. The second kappa shape index (κ2) is 7.37. The normalized spacial score (nSPS) is 15.0. The average molecular weight is 417 g/mol. The zero-order valence-electron chi connectivity index (χ0n) is 15.6. The molecule has 9 nitrogen and oxygen atoms in total. The molecule has 29 heavy (non-hydrogen) atoms. The molecule has 2 aliphatic heterocycles. The van der Waals surface area contributed by atoms with Crippen molar-refractivity contribution >= 4 is 27.5 Å². The molecule has 0 aliphatic carbocycles. The van der Waals surface area contributed by atoms with Gasteiger partial charge in [-0.15, -0.1) is 4.83 Å². The minimum atomic E-state index is -3.98. The lowest BCUT2D eigenvalue weighted by Gasteiger charge is -2.18. The van der Waals surface area contributed by atoms with E-state index in [9.17, 15) is 18.0 Å². The molecule has 2 N–H and O–H groups in total. The van der Waals surface area contributed by atoms with Gasteiger partial charge in [0.15, 0.2) is 11.5 Å². The lowest BCUT2D eigenvalue weighted by Crippen LogP contribution is -2.41. The molecule has 0 atom stereocenters. The van der Waals surface area contributed by atoms with Gasteiger partial charge in [0, 0.05) is 24.7 Å². The number of sulfonamides is 1. The lowest BCUT2D eigenvalue weighted by atomic mass is 10.2. The van der Waals surface area contributed by atoms with Gasteiger partial charge in [-0.2, -0.15) is 0 Å². The number of hydrogen-bond acceptors (Lipinski definition) is 6. The van der Waals surface area contributed by atoms with Crippen LogP contribution in [0.3, 0.4) is 0 Å². The molecular formula is C19H19N3O6S. The van der Waals surface area contributed by atoms with E-state index >= 15 is 0 Å². The number of carbonyl (C=O) groups is 2. The molecule has 2 aliphatic rings. The Morgan fingerprint density at radius 2 is 1.79 bits per heavy atom. The van der Waals surface area contributed by atoms with E-state index in [1.54, 1.807) is 17.0 Å². The first-order chi connectivity index (χ1) is 13.8. The summed E-state index contributed by atoms with van der Waals surface area (Å²) in [7, 11) is -3.98. The van der Waals surface area contributed by atoms with E-state index in [-0.39, 0.29) is 16.4 Å². The largest absolute Gasteiger partial charge is 0.486 e. The summed E-state index contributed by atoms with van der Waals surface area (Å²) < 4.78 is 36.0. The SMILES string of the molecule is CC(=O)N1CCc2cc(S(=O)(=O)NNC(=O)c3ccc4c(c3)OCCO4)ccc21. The monoisotopic (exact) mass is 417 g/mol. The molecule has 0 unspecified atom stereocenters. The number of hydrogen-bond donors (Lipinski definition) is 2. The second-order valence-electron chi connectivity index (χ2n) is 6.63. The summed E-state index contributed by atoms with van der Waals surface area (Å²) in [5.74, 6) is 0.241. The maximum atomic E-state index is 12.6. The molecule has 4 rings (SSSR count). The predicted molar refractivity (Wildman–Crippen MR) is 103 cm³/mol. The van der Waals surface area contributed by atoms with Crippen LogP contribution in [-0.2, 0) is 21.2 Å². The van der Waals surface area contributed by atoms with Gasteiger partial charge in [0.2, 0.25) is 5.91 Å². The molecule has 0 saturated carbocycles. The Kier molecular flexibility index (Phi) is 4.89. The molecule has 0 fully saturated rings. The third-order valence-corrected chi connectivity index (χ3v) is 5.99. The summed E-state index contributed by atoms with van der Waals surface area (Å²) in [5, 5.41) is 0. The van der Waals surface area contributed by atoms with Gasteiger partial charge in [0.1, 0.15) is 13.2 Å². The van der Waals surface area contributed by atoms with Crippen molar-refractivity contribution in [3.63, 3.8) is 0 Å². The van der Waals surface area contributed by atoms with Crippen molar-refractivity contribution in [2.45, 2.75) is 18.2 Å². The molecule has 0 saturated heterocycles. The molecule has 0 aromatic heterocycles. The highest BCUT2D eigenvalue weighted by Gasteiger charge is 2.25. The maximum absolute atomic E-state index is 12.6. The van der Waals surface area contributed by atoms with Crippen LogP contribution >= 0.6 is 0 Å². The summed E-state index contributed by atoms with van der Waals surface area (Å²) in [6.07, 6.45) is 0.571. The Balaban J connectivity index is 1.47. The van der Waals surface area contributed by atoms with E-state index in [0.29, 0.717) is 43.4 Å². The number of rotatable bonds is 4. The fraction of sp³-hybridized carbons (Fsp3) is 0.263. The zero-order chi connectivity index (χ0) is 20.6. The van der Waals surface area contributed by atoms with E-state index < -0.39 is 15.9 Å². The van der Waals surface area contributed by atoms with Gasteiger partial charge in [-0.3, -0.25) is 15.0 Å². The van der Waals surface area contributed by atoms with Crippen LogP contribution in [0.25, 0.3) is 0 Å². The van der Waals surface area contributed by atoms with Crippen LogP contribution in [0.4, 0.5) is 5.69 Å². The van der Waals surface area contributed by atoms with Crippen molar-refractivity contribution in [2.75, 3.05) is 24.7 Å². The predicted octanol–water partition coefficient (Wildman–Crippen LogP) is 0.990. The number of carbonyl (C=O) groups excluding carboxylic acids is 2. The number of anilines is 1. The van der Waals surface area contributed by atoms with Crippen molar-refractivity contribution < 1.29 is 27.5 Å². The van der Waals surface area contributed by atoms with Crippen molar-refractivity contribution in [3.8, 4) is 11.5 Å². The zero-order valence-corrected chi connectivity index (χ0v) is 16.4. The number of fused-ring (bicyclic) bond motifs is 2. The fourth-order valence-corrected chi connectivity index (χ4v) is 4.19. The van der Waals surface area contributed by atoms with Crippen molar-refractivity contribution in [3.05, 3.63) is 47.5 Å². The van der Waals surface area contributed by atoms with E-state index in [1.165, 1.54) is 31.2 Å². The van der Waals surface area contributed by atoms with Gasteiger partial charge >= 0.3 is 0 Å². The Morgan fingerprint density at radius 1 is 1.03 bits per heavy atom. The van der Waals surface area contributed by atoms with Crippen molar-refractivity contribution in [2.24, 2.45) is 0 Å². The molecule has 0 bridgehead atoms. The molecule has 152 valence electrons. The number of nitrogens with one attached hydrogen (secondary N) is 2. The standard InChI is InChI=1S/C19H19N3O6S/c1-12(23)22-7-6-13-10-15(3-4-16(13)22)29(25,26)21-20-19(24)14-2-5-17-18(11-14)28-9-8-27-17/h2-5,10-11,21H,6-9H2,1H3,(H,20,24). The van der Waals surface area contributed by atoms with Crippen LogP contribution in [0, 0.1) is 0 Å². The molecule has 10 heteroatoms. The molecule has 2 amide bonds. The summed E-state index contributed by atoms with van der Waals surface area (Å²) in [6.45, 7) is 2.80. The summed E-state index contributed by atoms with van der Waals surface area (Å²) in [5.41, 5.74) is 3.90. The molecule has 2 heterocycles. The Hall–Kier alpha value is -3.11. The van der Waals surface area contributed by atoms with Crippen LogP contribution < -0.4 is 24.6 Å². The minimum absolute atomic E-state index is 0.00382. The Labute approximate surface area is 167 Å². The lowest BCUT2D eigenvalue weighted by molar-refractivity contribution is -0.116. The number of benzene rings is 2. The molecule has 0 spiro atoms. The van der Waals surface area contributed by atoms with Crippen LogP contribution in [-0.4, -0.2) is 40.0 Å². The third-order valence-electron chi connectivity index (χ3n) is 4.74. The summed E-state index contributed by atoms with van der Waals surface area (Å²) >= 11 is 0. The van der Waals surface area contributed by atoms with E-state index in [1.807, 2.05) is 0 Å². The van der Waals surface area contributed by atoms with Gasteiger partial charge in [-0.25, -0.2) is 8.42 Å². The van der Waals surface area contributed by atoms with Gasteiger partial charge in [-0.05, 0) is 48.4 Å². The van der Waals surface area contributed by atoms with E-state index in [2.05, 4.69) is 10.3 Å². The Bertz CT molecular complexity index is 1100. The second-order valence-corrected chi connectivity index (χ2v) is 8.31. The minimum Gasteiger partial charge on any atom is -0.486 e. The van der Waals surface area contributed by atoms with Gasteiger partial charge < -0.3 is 14.4 Å². The van der Waals surface area contributed by atoms with E-state index in [4.69, 9.17) is 9.47 Å². The van der Waals surface area contributed by atoms with Gasteiger partial charge in [-0.1, -0.05) is 0 Å². The third kappa shape index (κ3) is 3.76. The highest BCUT2D eigenvalue weighted by molar-refractivity contribution is 7.89. The fourth-order valence-electron chi connectivity index (χ4n) is 3.30. The van der Waals surface area contributed by atoms with Crippen LogP contribution in [0.5, 0.6) is 11.5 Å². The molecule has 2 aromatic rings. The number of amides is 2. The number of nitrogens with zero attached hydrogens (tertiary/aromatic N) is 1. The van der Waals surface area contributed by atoms with Crippen LogP contribution in [0.1, 0.15) is 22.8 Å². The maximum Gasteiger partial charge on any atom is 0.266 e. The molecule has 2 aromatic carbocycles. The van der Waals surface area contributed by atoms with Gasteiger partial charge in [0.25, 0.3) is 15.9 Å². The van der Waals surface area contributed by atoms with Gasteiger partial charge in [0.05, 0.1) is 4.90 Å². The quantitative estimate of drug-likeness (QED) is 0.717. The summed E-state index contributed by atoms with van der Waals surface area (Å²) in [6, 6.07) is 9.11. The van der Waals surface area contributed by atoms with Crippen LogP contribution in [0.15, 0.2) is 41.3 Å². The smallest absolute Gasteiger partial charge is 0.266 e. The van der Waals surface area contributed by atoms with Crippen molar-refractivity contribution in [1.82, 2.24) is 10.3 Å². The topological polar surface area (TPSA) is 114 Å². The van der Waals surface area contributed by atoms with Crippen molar-refractivity contribution in [1.29, 1.82) is 0 Å². The molecule has 0 radical (unpaired) electrons. The first-order valence-corrected chi connectivity index (χ1v) is 10.5. The molecular weight excluding hydrogens is 398 g/mol. The van der Waals surface area contributed by atoms with E-state index in [0.717, 1.165) is 5.56 Å². The highest BCUT2D eigenvalue weighted by Crippen LogP contribution is 2.31. The highest BCUT2D eigenvalue weighted by atomic mass is 32.2. The number of hydrazine groups is 1.